The Morgan fingerprint density at radius 3 is 1.75 bits per heavy atom. The first-order valence-electron chi connectivity index (χ1n) is 12.6. The van der Waals surface area contributed by atoms with E-state index in [4.69, 9.17) is 18.9 Å². The van der Waals surface area contributed by atoms with Crippen LogP contribution in [0.3, 0.4) is 0 Å². The number of ether oxygens (including phenoxy) is 4. The molecule has 1 atom stereocenters. The first-order chi connectivity index (χ1) is 19.3. The van der Waals surface area contributed by atoms with E-state index in [2.05, 4.69) is 16.0 Å². The first kappa shape index (κ1) is 31.6. The van der Waals surface area contributed by atoms with Gasteiger partial charge < -0.3 is 34.9 Å². The van der Waals surface area contributed by atoms with Gasteiger partial charge in [-0.3, -0.25) is 24.0 Å². The molecule has 0 aliphatic carbocycles. The Morgan fingerprint density at radius 1 is 0.800 bits per heavy atom. The fourth-order valence-electron chi connectivity index (χ4n) is 3.56. The smallest absolute Gasteiger partial charge is 0.244 e. The Bertz CT molecular complexity index is 1170. The van der Waals surface area contributed by atoms with Crippen LogP contribution in [0.5, 0.6) is 23.0 Å². The Morgan fingerprint density at radius 2 is 1.30 bits per heavy atom. The van der Waals surface area contributed by atoms with Crippen molar-refractivity contribution >= 4 is 30.3 Å². The second kappa shape index (κ2) is 17.1. The van der Waals surface area contributed by atoms with Gasteiger partial charge in [-0.1, -0.05) is 0 Å². The highest BCUT2D eigenvalue weighted by Gasteiger charge is 2.20. The lowest BCUT2D eigenvalue weighted by molar-refractivity contribution is -0.129. The summed E-state index contributed by atoms with van der Waals surface area (Å²) in [6, 6.07) is 8.67. The Hall–Kier alpha value is -4.61. The highest BCUT2D eigenvalue weighted by atomic mass is 16.5. The van der Waals surface area contributed by atoms with Gasteiger partial charge in [0.05, 0.1) is 38.6 Å². The maximum Gasteiger partial charge on any atom is 0.244 e. The highest BCUT2D eigenvalue weighted by Crippen LogP contribution is 2.24. The van der Waals surface area contributed by atoms with Crippen molar-refractivity contribution in [3.8, 4) is 23.0 Å². The number of rotatable bonds is 18. The van der Waals surface area contributed by atoms with Crippen molar-refractivity contribution in [1.82, 2.24) is 16.0 Å². The largest absolute Gasteiger partial charge is 0.496 e. The van der Waals surface area contributed by atoms with Crippen molar-refractivity contribution in [2.24, 2.45) is 0 Å². The van der Waals surface area contributed by atoms with Crippen molar-refractivity contribution < 1.29 is 42.9 Å². The predicted molar refractivity (Wildman–Crippen MR) is 145 cm³/mol. The number of nitrogens with one attached hydrogen (secondary N) is 3. The zero-order valence-electron chi connectivity index (χ0n) is 22.8. The minimum absolute atomic E-state index is 0.0746. The van der Waals surface area contributed by atoms with Gasteiger partial charge in [-0.05, 0) is 37.1 Å². The molecule has 0 heterocycles. The maximum absolute atomic E-state index is 12.4. The van der Waals surface area contributed by atoms with Gasteiger partial charge in [0.1, 0.15) is 29.0 Å². The zero-order valence-corrected chi connectivity index (χ0v) is 22.8. The van der Waals surface area contributed by atoms with E-state index in [-0.39, 0.29) is 44.4 Å². The molecule has 0 spiro atoms. The summed E-state index contributed by atoms with van der Waals surface area (Å²) < 4.78 is 21.5. The minimum atomic E-state index is -0.942. The van der Waals surface area contributed by atoms with Gasteiger partial charge in [-0.2, -0.15) is 0 Å². The summed E-state index contributed by atoms with van der Waals surface area (Å²) in [7, 11) is 4.34. The van der Waals surface area contributed by atoms with Gasteiger partial charge in [-0.25, -0.2) is 0 Å². The molecule has 0 aliphatic heterocycles. The normalized spacial score (nSPS) is 11.0. The first-order valence-corrected chi connectivity index (χ1v) is 12.6. The van der Waals surface area contributed by atoms with Gasteiger partial charge in [0.2, 0.25) is 17.7 Å². The molecule has 40 heavy (non-hydrogen) atoms. The quantitative estimate of drug-likeness (QED) is 0.183. The second-order valence-corrected chi connectivity index (χ2v) is 8.49. The van der Waals surface area contributed by atoms with E-state index in [1.165, 1.54) is 21.3 Å². The number of benzene rings is 2. The van der Waals surface area contributed by atoms with Gasteiger partial charge in [-0.15, -0.1) is 0 Å². The maximum atomic E-state index is 12.4. The number of carbonyl (C=O) groups excluding carboxylic acids is 5. The van der Waals surface area contributed by atoms with Crippen LogP contribution in [0.25, 0.3) is 0 Å². The number of hydrogen-bond donors (Lipinski definition) is 3. The van der Waals surface area contributed by atoms with Crippen LogP contribution in [0.1, 0.15) is 46.4 Å². The van der Waals surface area contributed by atoms with Crippen molar-refractivity contribution in [2.75, 3.05) is 41.0 Å². The van der Waals surface area contributed by atoms with E-state index in [1.807, 2.05) is 0 Å². The molecule has 216 valence electrons. The topological polar surface area (TPSA) is 158 Å². The highest BCUT2D eigenvalue weighted by molar-refractivity contribution is 5.88. The van der Waals surface area contributed by atoms with Gasteiger partial charge >= 0.3 is 0 Å². The Kier molecular flexibility index (Phi) is 13.5. The minimum Gasteiger partial charge on any atom is -0.496 e. The molecule has 3 amide bonds. The second-order valence-electron chi connectivity index (χ2n) is 8.49. The molecule has 0 radical (unpaired) electrons. The molecule has 0 aliphatic rings. The van der Waals surface area contributed by atoms with Crippen molar-refractivity contribution in [3.63, 3.8) is 0 Å². The molecule has 0 saturated carbocycles. The molecule has 0 saturated heterocycles. The van der Waals surface area contributed by atoms with E-state index in [0.717, 1.165) is 0 Å². The number of aldehydes is 2. The average Bonchev–Trinajstić information content (AvgIpc) is 2.98. The summed E-state index contributed by atoms with van der Waals surface area (Å²) in [4.78, 5) is 58.8. The van der Waals surface area contributed by atoms with Gasteiger partial charge in [0.25, 0.3) is 0 Å². The molecule has 2 aromatic rings. The lowest BCUT2D eigenvalue weighted by atomic mass is 10.2. The fraction of sp³-hybridized carbons (Fsp3) is 0.393. The molecular formula is C28H35N3O9. The van der Waals surface area contributed by atoms with Crippen LogP contribution >= 0.6 is 0 Å². The van der Waals surface area contributed by atoms with Crippen molar-refractivity contribution in [3.05, 3.63) is 47.5 Å². The molecule has 0 bridgehead atoms. The molecular weight excluding hydrogens is 522 g/mol. The Balaban J connectivity index is 1.71. The lowest BCUT2D eigenvalue weighted by Crippen LogP contribution is -2.52. The number of amides is 3. The molecule has 2 aromatic carbocycles. The van der Waals surface area contributed by atoms with Gasteiger partial charge in [0.15, 0.2) is 12.6 Å². The molecule has 12 nitrogen and oxygen atoms in total. The third kappa shape index (κ3) is 10.3. The number of methoxy groups -OCH3 is 2. The van der Waals surface area contributed by atoms with Crippen LogP contribution in [-0.2, 0) is 14.4 Å². The number of likely N-dealkylation sites (N-methyl/N-ethyl adjacent to an activating group) is 1. The average molecular weight is 558 g/mol. The summed E-state index contributed by atoms with van der Waals surface area (Å²) in [5.41, 5.74) is 0.807. The summed E-state index contributed by atoms with van der Waals surface area (Å²) >= 11 is 0. The monoisotopic (exact) mass is 557 g/mol. The molecule has 3 N–H and O–H groups in total. The van der Waals surface area contributed by atoms with E-state index in [1.54, 1.807) is 36.4 Å². The predicted octanol–water partition coefficient (Wildman–Crippen LogP) is 1.69. The zero-order chi connectivity index (χ0) is 29.3. The van der Waals surface area contributed by atoms with Crippen LogP contribution in [0.4, 0.5) is 0 Å². The molecule has 2 rings (SSSR count). The van der Waals surface area contributed by atoms with Crippen LogP contribution in [0.2, 0.25) is 0 Å². The number of hydrogen-bond acceptors (Lipinski definition) is 9. The summed E-state index contributed by atoms with van der Waals surface area (Å²) in [5.74, 6) is 0.671. The lowest BCUT2D eigenvalue weighted by Gasteiger charge is -2.18. The van der Waals surface area contributed by atoms with Crippen LogP contribution in [0, 0.1) is 0 Å². The van der Waals surface area contributed by atoms with Crippen molar-refractivity contribution in [2.45, 2.75) is 31.7 Å². The van der Waals surface area contributed by atoms with Crippen LogP contribution < -0.4 is 34.9 Å². The van der Waals surface area contributed by atoms with E-state index < -0.39 is 11.9 Å². The summed E-state index contributed by atoms with van der Waals surface area (Å²) in [6.45, 7) is 0.409. The van der Waals surface area contributed by atoms with E-state index >= 15 is 0 Å². The molecule has 0 fully saturated rings. The molecule has 0 unspecified atom stereocenters. The summed E-state index contributed by atoms with van der Waals surface area (Å²) in [6.07, 6.45) is 2.40. The Labute approximate surface area is 232 Å². The molecule has 0 aromatic heterocycles. The SMILES string of the molecule is CNC(=O)[C@H](CNC(=O)CCCOc1ccc(C=O)c(OC)c1)NC(=O)CCCOc1ccc(C=O)c(OC)c1. The third-order valence-corrected chi connectivity index (χ3v) is 5.70. The van der Waals surface area contributed by atoms with E-state index in [0.29, 0.717) is 59.5 Å². The summed E-state index contributed by atoms with van der Waals surface area (Å²) in [5, 5.41) is 7.75. The fourth-order valence-corrected chi connectivity index (χ4v) is 3.56. The van der Waals surface area contributed by atoms with Crippen molar-refractivity contribution in [1.29, 1.82) is 0 Å². The van der Waals surface area contributed by atoms with Gasteiger partial charge in [0, 0.05) is 38.6 Å². The van der Waals surface area contributed by atoms with E-state index in [9.17, 15) is 24.0 Å². The number of carbonyl (C=O) groups is 5. The standard InChI is InChI=1S/C28H35N3O9/c1-29-28(36)23(31-27(35)7-5-13-40-22-11-9-20(18-33)25(15-22)38-3)16-30-26(34)6-4-12-39-21-10-8-19(17-32)24(14-21)37-2/h8-11,14-15,17-18,23H,4-7,12-13,16H2,1-3H3,(H,29,36)(H,30,34)(H,31,35)/t23-/m0/s1. The third-order valence-electron chi connectivity index (χ3n) is 5.70. The van der Waals surface area contributed by atoms with Crippen LogP contribution in [0.15, 0.2) is 36.4 Å². The van der Waals surface area contributed by atoms with Crippen LogP contribution in [-0.4, -0.2) is 77.4 Å². The molecule has 12 heteroatoms.